The van der Waals surface area contributed by atoms with Gasteiger partial charge in [-0.3, -0.25) is 9.36 Å². The SMILES string of the molecule is CCOC(=O)C(C)c1nc(C(F)(F)F)cn1-c1ccc(-c2ccc(CO)c(S(C)(=O)=O)c2)s1. The van der Waals surface area contributed by atoms with E-state index >= 15 is 0 Å². The molecule has 1 unspecified atom stereocenters. The van der Waals surface area contributed by atoms with Crippen LogP contribution in [-0.4, -0.2) is 41.9 Å². The van der Waals surface area contributed by atoms with Crippen LogP contribution in [0.25, 0.3) is 15.4 Å². The number of carbonyl (C=O) groups excluding carboxylic acids is 1. The number of hydrogen-bond donors (Lipinski definition) is 1. The number of aliphatic hydroxyl groups is 1. The van der Waals surface area contributed by atoms with Crippen LogP contribution in [0.1, 0.15) is 36.8 Å². The zero-order chi connectivity index (χ0) is 24.6. The number of esters is 1. The summed E-state index contributed by atoms with van der Waals surface area (Å²) in [5.74, 6) is -1.87. The number of carbonyl (C=O) groups is 1. The fraction of sp³-hybridized carbons (Fsp3) is 0.333. The van der Waals surface area contributed by atoms with E-state index in [0.29, 0.717) is 15.4 Å². The Morgan fingerprint density at radius 1 is 1.27 bits per heavy atom. The molecule has 0 fully saturated rings. The number of rotatable bonds is 7. The smallest absolute Gasteiger partial charge is 0.434 e. The van der Waals surface area contributed by atoms with E-state index < -0.39 is 40.2 Å². The second-order valence-electron chi connectivity index (χ2n) is 7.22. The van der Waals surface area contributed by atoms with Crippen molar-refractivity contribution in [2.24, 2.45) is 0 Å². The van der Waals surface area contributed by atoms with Crippen molar-refractivity contribution >= 4 is 27.1 Å². The van der Waals surface area contributed by atoms with Crippen LogP contribution < -0.4 is 0 Å². The van der Waals surface area contributed by atoms with Gasteiger partial charge in [0.15, 0.2) is 15.5 Å². The second kappa shape index (κ2) is 9.27. The van der Waals surface area contributed by atoms with Crippen molar-refractivity contribution in [1.29, 1.82) is 0 Å². The predicted octanol–water partition coefficient (Wildman–Crippen LogP) is 4.18. The lowest BCUT2D eigenvalue weighted by atomic mass is 10.1. The molecular weight excluding hydrogens is 481 g/mol. The van der Waals surface area contributed by atoms with E-state index in [0.717, 1.165) is 23.8 Å². The van der Waals surface area contributed by atoms with Gasteiger partial charge in [0.25, 0.3) is 0 Å². The van der Waals surface area contributed by atoms with E-state index in [1.807, 2.05) is 0 Å². The van der Waals surface area contributed by atoms with Gasteiger partial charge in [0.05, 0.1) is 18.1 Å². The molecule has 0 aliphatic heterocycles. The molecule has 1 aromatic carbocycles. The monoisotopic (exact) mass is 502 g/mol. The number of sulfone groups is 1. The van der Waals surface area contributed by atoms with Crippen LogP contribution in [0.2, 0.25) is 0 Å². The van der Waals surface area contributed by atoms with Crippen molar-refractivity contribution in [3.05, 3.63) is 53.6 Å². The van der Waals surface area contributed by atoms with Gasteiger partial charge >= 0.3 is 12.1 Å². The van der Waals surface area contributed by atoms with Crippen molar-refractivity contribution in [3.63, 3.8) is 0 Å². The third-order valence-corrected chi connectivity index (χ3v) is 7.11. The van der Waals surface area contributed by atoms with Crippen molar-refractivity contribution in [2.75, 3.05) is 12.9 Å². The first-order valence-electron chi connectivity index (χ1n) is 9.74. The summed E-state index contributed by atoms with van der Waals surface area (Å²) in [4.78, 5) is 16.4. The summed E-state index contributed by atoms with van der Waals surface area (Å²) in [5, 5.41) is 9.78. The molecule has 0 saturated heterocycles. The average molecular weight is 503 g/mol. The quantitative estimate of drug-likeness (QED) is 0.487. The van der Waals surface area contributed by atoms with Crippen LogP contribution in [0.4, 0.5) is 13.2 Å². The number of ether oxygens (including phenoxy) is 1. The maximum absolute atomic E-state index is 13.3. The molecule has 7 nitrogen and oxygen atoms in total. The van der Waals surface area contributed by atoms with E-state index in [9.17, 15) is 31.5 Å². The van der Waals surface area contributed by atoms with Crippen LogP contribution in [0.5, 0.6) is 0 Å². The first kappa shape index (κ1) is 24.9. The van der Waals surface area contributed by atoms with Crippen molar-refractivity contribution < 1.29 is 36.2 Å². The second-order valence-corrected chi connectivity index (χ2v) is 10.3. The Hall–Kier alpha value is -2.70. The number of alkyl halides is 3. The summed E-state index contributed by atoms with van der Waals surface area (Å²) in [6, 6.07) is 7.70. The first-order chi connectivity index (χ1) is 15.4. The number of aliphatic hydroxyl groups excluding tert-OH is 1. The maximum Gasteiger partial charge on any atom is 0.434 e. The summed E-state index contributed by atoms with van der Waals surface area (Å²) in [7, 11) is -3.61. The standard InChI is InChI=1S/C21H21F3N2O5S2/c1-4-31-20(28)12(2)19-25-17(21(22,23)24)10-26(19)18-8-7-15(32-18)13-5-6-14(11-27)16(9-13)33(3,29)30/h5-10,12,27H,4,11H2,1-3H3. The molecular formula is C21H21F3N2O5S2. The Morgan fingerprint density at radius 3 is 2.55 bits per heavy atom. The van der Waals surface area contributed by atoms with Gasteiger partial charge in [0.2, 0.25) is 0 Å². The molecule has 178 valence electrons. The molecule has 3 rings (SSSR count). The molecule has 0 aliphatic rings. The fourth-order valence-electron chi connectivity index (χ4n) is 3.18. The summed E-state index contributed by atoms with van der Waals surface area (Å²) in [6.07, 6.45) is -2.87. The highest BCUT2D eigenvalue weighted by Crippen LogP contribution is 2.36. The number of nitrogens with zero attached hydrogens (tertiary/aromatic N) is 2. The summed E-state index contributed by atoms with van der Waals surface area (Å²) in [6.45, 7) is 2.63. The minimum absolute atomic E-state index is 0.0314. The molecule has 0 saturated carbocycles. The maximum atomic E-state index is 13.3. The minimum atomic E-state index is -4.71. The summed E-state index contributed by atoms with van der Waals surface area (Å²) < 4.78 is 70.3. The van der Waals surface area contributed by atoms with Gasteiger partial charge in [0, 0.05) is 17.3 Å². The predicted molar refractivity (Wildman–Crippen MR) is 116 cm³/mol. The number of benzene rings is 1. The highest BCUT2D eigenvalue weighted by molar-refractivity contribution is 7.90. The Balaban J connectivity index is 2.09. The normalized spacial score (nSPS) is 13.2. The third kappa shape index (κ3) is 5.28. The molecule has 0 spiro atoms. The van der Waals surface area contributed by atoms with Crippen LogP contribution in [0, 0.1) is 0 Å². The Kier molecular flexibility index (Phi) is 7.01. The van der Waals surface area contributed by atoms with E-state index in [-0.39, 0.29) is 22.9 Å². The molecule has 2 aromatic heterocycles. The highest BCUT2D eigenvalue weighted by Gasteiger charge is 2.37. The number of hydrogen-bond acceptors (Lipinski definition) is 7. The zero-order valence-electron chi connectivity index (χ0n) is 17.9. The van der Waals surface area contributed by atoms with Crippen LogP contribution >= 0.6 is 11.3 Å². The van der Waals surface area contributed by atoms with E-state index in [1.165, 1.54) is 23.6 Å². The zero-order valence-corrected chi connectivity index (χ0v) is 19.5. The lowest BCUT2D eigenvalue weighted by molar-refractivity contribution is -0.145. The van der Waals surface area contributed by atoms with Crippen LogP contribution in [0.15, 0.2) is 41.4 Å². The van der Waals surface area contributed by atoms with Gasteiger partial charge in [-0.05, 0) is 43.2 Å². The van der Waals surface area contributed by atoms with Crippen molar-refractivity contribution in [2.45, 2.75) is 37.4 Å². The Bertz CT molecular complexity index is 1280. The third-order valence-electron chi connectivity index (χ3n) is 4.80. The number of thiophene rings is 1. The molecule has 3 aromatic rings. The summed E-state index contributed by atoms with van der Waals surface area (Å²) in [5.41, 5.74) is -0.386. The highest BCUT2D eigenvalue weighted by atomic mass is 32.2. The van der Waals surface area contributed by atoms with Crippen molar-refractivity contribution in [1.82, 2.24) is 9.55 Å². The molecule has 1 N–H and O–H groups in total. The van der Waals surface area contributed by atoms with E-state index in [1.54, 1.807) is 25.1 Å². The summed E-state index contributed by atoms with van der Waals surface area (Å²) >= 11 is 1.10. The van der Waals surface area contributed by atoms with E-state index in [2.05, 4.69) is 4.98 Å². The molecule has 0 radical (unpaired) electrons. The lowest BCUT2D eigenvalue weighted by Crippen LogP contribution is -2.17. The van der Waals surface area contributed by atoms with Gasteiger partial charge in [-0.1, -0.05) is 12.1 Å². The van der Waals surface area contributed by atoms with Crippen LogP contribution in [-0.2, 0) is 32.2 Å². The first-order valence-corrected chi connectivity index (χ1v) is 12.4. The van der Waals surface area contributed by atoms with Crippen molar-refractivity contribution in [3.8, 4) is 15.4 Å². The number of aromatic nitrogens is 2. The van der Waals surface area contributed by atoms with Gasteiger partial charge in [-0.25, -0.2) is 13.4 Å². The molecule has 33 heavy (non-hydrogen) atoms. The van der Waals surface area contributed by atoms with Gasteiger partial charge in [-0.2, -0.15) is 13.2 Å². The fourth-order valence-corrected chi connectivity index (χ4v) is 5.12. The average Bonchev–Trinajstić information content (AvgIpc) is 3.39. The lowest BCUT2D eigenvalue weighted by Gasteiger charge is -2.12. The van der Waals surface area contributed by atoms with Crippen LogP contribution in [0.3, 0.4) is 0 Å². The number of halogens is 3. The Morgan fingerprint density at radius 2 is 1.97 bits per heavy atom. The molecule has 2 heterocycles. The molecule has 12 heteroatoms. The molecule has 0 aliphatic carbocycles. The molecule has 1 atom stereocenters. The number of imidazole rings is 1. The minimum Gasteiger partial charge on any atom is -0.465 e. The molecule has 0 amide bonds. The van der Waals surface area contributed by atoms with Gasteiger partial charge in [0.1, 0.15) is 16.7 Å². The van der Waals surface area contributed by atoms with Gasteiger partial charge < -0.3 is 9.84 Å². The Labute approximate surface area is 192 Å². The largest absolute Gasteiger partial charge is 0.465 e. The van der Waals surface area contributed by atoms with Gasteiger partial charge in [-0.15, -0.1) is 11.3 Å². The van der Waals surface area contributed by atoms with E-state index in [4.69, 9.17) is 4.74 Å². The topological polar surface area (TPSA) is 98.5 Å². The molecule has 0 bridgehead atoms.